The van der Waals surface area contributed by atoms with Crippen molar-refractivity contribution in [2.45, 2.75) is 6.54 Å². The smallest absolute Gasteiger partial charge is 0.150 e. The average Bonchev–Trinajstić information content (AvgIpc) is 2.58. The van der Waals surface area contributed by atoms with Crippen molar-refractivity contribution < 1.29 is 4.79 Å². The molecule has 1 heterocycles. The molecule has 1 aliphatic rings. The SMILES string of the molecule is CN1CCN(Cc2ccc(-c3cccc(C=O)c3)cc2)CC1. The highest BCUT2D eigenvalue weighted by molar-refractivity contribution is 5.78. The first-order chi connectivity index (χ1) is 10.7. The van der Waals surface area contributed by atoms with Gasteiger partial charge < -0.3 is 4.90 Å². The Morgan fingerprint density at radius 3 is 2.36 bits per heavy atom. The Balaban J connectivity index is 1.68. The number of aldehydes is 1. The van der Waals surface area contributed by atoms with Gasteiger partial charge in [-0.15, -0.1) is 0 Å². The summed E-state index contributed by atoms with van der Waals surface area (Å²) in [5, 5.41) is 0. The Morgan fingerprint density at radius 1 is 0.955 bits per heavy atom. The molecular weight excluding hydrogens is 272 g/mol. The summed E-state index contributed by atoms with van der Waals surface area (Å²) in [5.41, 5.74) is 4.32. The van der Waals surface area contributed by atoms with Gasteiger partial charge in [-0.2, -0.15) is 0 Å². The van der Waals surface area contributed by atoms with Crippen LogP contribution in [0.3, 0.4) is 0 Å². The molecule has 0 saturated carbocycles. The first kappa shape index (κ1) is 14.9. The second-order valence-electron chi connectivity index (χ2n) is 6.02. The van der Waals surface area contributed by atoms with E-state index in [1.807, 2.05) is 24.3 Å². The van der Waals surface area contributed by atoms with Crippen LogP contribution in [0.1, 0.15) is 15.9 Å². The fourth-order valence-electron chi connectivity index (χ4n) is 2.86. The number of hydrogen-bond donors (Lipinski definition) is 0. The predicted octanol–water partition coefficient (Wildman–Crippen LogP) is 2.91. The third kappa shape index (κ3) is 3.62. The lowest BCUT2D eigenvalue weighted by molar-refractivity contribution is 0.112. The van der Waals surface area contributed by atoms with E-state index in [1.54, 1.807) is 0 Å². The number of benzene rings is 2. The van der Waals surface area contributed by atoms with E-state index in [0.29, 0.717) is 0 Å². The summed E-state index contributed by atoms with van der Waals surface area (Å²) in [7, 11) is 2.18. The van der Waals surface area contributed by atoms with Crippen molar-refractivity contribution in [3.8, 4) is 11.1 Å². The van der Waals surface area contributed by atoms with E-state index in [9.17, 15) is 4.79 Å². The van der Waals surface area contributed by atoms with Crippen LogP contribution in [0.2, 0.25) is 0 Å². The summed E-state index contributed by atoms with van der Waals surface area (Å²) < 4.78 is 0. The molecule has 0 radical (unpaired) electrons. The van der Waals surface area contributed by atoms with Crippen LogP contribution in [0.25, 0.3) is 11.1 Å². The largest absolute Gasteiger partial charge is 0.304 e. The van der Waals surface area contributed by atoms with Crippen LogP contribution in [-0.4, -0.2) is 49.3 Å². The molecule has 0 aromatic heterocycles. The van der Waals surface area contributed by atoms with E-state index in [4.69, 9.17) is 0 Å². The zero-order valence-electron chi connectivity index (χ0n) is 13.0. The third-order valence-electron chi connectivity index (χ3n) is 4.31. The molecule has 1 fully saturated rings. The van der Waals surface area contributed by atoms with Crippen LogP contribution in [0.5, 0.6) is 0 Å². The summed E-state index contributed by atoms with van der Waals surface area (Å²) in [6.45, 7) is 5.59. The zero-order valence-corrected chi connectivity index (χ0v) is 13.0. The molecule has 0 N–H and O–H groups in total. The van der Waals surface area contributed by atoms with Crippen molar-refractivity contribution in [3.05, 3.63) is 59.7 Å². The van der Waals surface area contributed by atoms with Gasteiger partial charge in [-0.25, -0.2) is 0 Å². The molecule has 3 rings (SSSR count). The molecular formula is C19H22N2O. The van der Waals surface area contributed by atoms with Crippen LogP contribution in [0.4, 0.5) is 0 Å². The van der Waals surface area contributed by atoms with Crippen molar-refractivity contribution in [1.29, 1.82) is 0 Å². The summed E-state index contributed by atoms with van der Waals surface area (Å²) >= 11 is 0. The van der Waals surface area contributed by atoms with Crippen molar-refractivity contribution in [3.63, 3.8) is 0 Å². The maximum Gasteiger partial charge on any atom is 0.150 e. The monoisotopic (exact) mass is 294 g/mol. The lowest BCUT2D eigenvalue weighted by Gasteiger charge is -2.32. The Bertz CT molecular complexity index is 628. The lowest BCUT2D eigenvalue weighted by atomic mass is 10.0. The molecule has 22 heavy (non-hydrogen) atoms. The number of likely N-dealkylation sites (N-methyl/N-ethyl adjacent to an activating group) is 1. The second-order valence-corrected chi connectivity index (χ2v) is 6.02. The second kappa shape index (κ2) is 6.86. The van der Waals surface area contributed by atoms with Gasteiger partial charge in [0.2, 0.25) is 0 Å². The van der Waals surface area contributed by atoms with E-state index >= 15 is 0 Å². The van der Waals surface area contributed by atoms with Crippen molar-refractivity contribution in [2.24, 2.45) is 0 Å². The number of carbonyl (C=O) groups is 1. The van der Waals surface area contributed by atoms with Gasteiger partial charge in [-0.1, -0.05) is 42.5 Å². The van der Waals surface area contributed by atoms with E-state index < -0.39 is 0 Å². The molecule has 114 valence electrons. The number of piperazine rings is 1. The highest BCUT2D eigenvalue weighted by Gasteiger charge is 2.13. The fraction of sp³-hybridized carbons (Fsp3) is 0.316. The molecule has 2 aromatic rings. The van der Waals surface area contributed by atoms with Crippen LogP contribution in [-0.2, 0) is 6.54 Å². The molecule has 2 aromatic carbocycles. The molecule has 0 atom stereocenters. The summed E-state index contributed by atoms with van der Waals surface area (Å²) in [4.78, 5) is 15.8. The minimum atomic E-state index is 0.721. The number of hydrogen-bond acceptors (Lipinski definition) is 3. The van der Waals surface area contributed by atoms with Gasteiger partial charge in [0.05, 0.1) is 0 Å². The first-order valence-corrected chi connectivity index (χ1v) is 7.80. The van der Waals surface area contributed by atoms with Gasteiger partial charge in [0, 0.05) is 38.3 Å². The van der Waals surface area contributed by atoms with Crippen molar-refractivity contribution in [1.82, 2.24) is 9.80 Å². The van der Waals surface area contributed by atoms with E-state index in [0.717, 1.165) is 55.7 Å². The van der Waals surface area contributed by atoms with E-state index in [-0.39, 0.29) is 0 Å². The molecule has 0 bridgehead atoms. The average molecular weight is 294 g/mol. The minimum absolute atomic E-state index is 0.721. The third-order valence-corrected chi connectivity index (χ3v) is 4.31. The van der Waals surface area contributed by atoms with Crippen LogP contribution in [0, 0.1) is 0 Å². The van der Waals surface area contributed by atoms with Gasteiger partial charge in [-0.05, 0) is 29.8 Å². The Labute approximate surface area is 132 Å². The van der Waals surface area contributed by atoms with Crippen molar-refractivity contribution >= 4 is 6.29 Å². The van der Waals surface area contributed by atoms with E-state index in [1.165, 1.54) is 5.56 Å². The molecule has 3 heteroatoms. The topological polar surface area (TPSA) is 23.6 Å². The Morgan fingerprint density at radius 2 is 1.68 bits per heavy atom. The van der Waals surface area contributed by atoms with Gasteiger partial charge in [0.1, 0.15) is 6.29 Å². The Kier molecular flexibility index (Phi) is 4.66. The summed E-state index contributed by atoms with van der Waals surface area (Å²) in [6, 6.07) is 16.4. The summed E-state index contributed by atoms with van der Waals surface area (Å²) in [6.07, 6.45) is 0.894. The molecule has 1 aliphatic heterocycles. The Hall–Kier alpha value is -1.97. The number of carbonyl (C=O) groups excluding carboxylic acids is 1. The molecule has 0 amide bonds. The highest BCUT2D eigenvalue weighted by atomic mass is 16.1. The quantitative estimate of drug-likeness (QED) is 0.810. The molecule has 3 nitrogen and oxygen atoms in total. The number of rotatable bonds is 4. The van der Waals surface area contributed by atoms with Crippen LogP contribution >= 0.6 is 0 Å². The molecule has 0 unspecified atom stereocenters. The van der Waals surface area contributed by atoms with Crippen LogP contribution in [0.15, 0.2) is 48.5 Å². The van der Waals surface area contributed by atoms with E-state index in [2.05, 4.69) is 41.1 Å². The standard InChI is InChI=1S/C19H22N2O/c1-20-9-11-21(12-10-20)14-16-5-7-18(8-6-16)19-4-2-3-17(13-19)15-22/h2-8,13,15H,9-12,14H2,1H3. The predicted molar refractivity (Wildman–Crippen MR) is 90.0 cm³/mol. The minimum Gasteiger partial charge on any atom is -0.304 e. The first-order valence-electron chi connectivity index (χ1n) is 7.80. The molecule has 1 saturated heterocycles. The lowest BCUT2D eigenvalue weighted by Crippen LogP contribution is -2.43. The molecule has 0 spiro atoms. The van der Waals surface area contributed by atoms with Gasteiger partial charge in [0.25, 0.3) is 0 Å². The summed E-state index contributed by atoms with van der Waals surface area (Å²) in [5.74, 6) is 0. The number of nitrogens with zero attached hydrogens (tertiary/aromatic N) is 2. The fourth-order valence-corrected chi connectivity index (χ4v) is 2.86. The maximum atomic E-state index is 10.9. The van der Waals surface area contributed by atoms with Crippen LogP contribution < -0.4 is 0 Å². The highest BCUT2D eigenvalue weighted by Crippen LogP contribution is 2.21. The maximum absolute atomic E-state index is 10.9. The van der Waals surface area contributed by atoms with Gasteiger partial charge >= 0.3 is 0 Å². The normalized spacial score (nSPS) is 16.6. The van der Waals surface area contributed by atoms with Crippen molar-refractivity contribution in [2.75, 3.05) is 33.2 Å². The zero-order chi connectivity index (χ0) is 15.4. The van der Waals surface area contributed by atoms with Gasteiger partial charge in [0.15, 0.2) is 0 Å². The molecule has 0 aliphatic carbocycles. The van der Waals surface area contributed by atoms with Gasteiger partial charge in [-0.3, -0.25) is 9.69 Å².